The average molecular weight is 557 g/mol. The number of carboxylic acid groups (broad SMARTS) is 1. The van der Waals surface area contributed by atoms with Gasteiger partial charge in [-0.2, -0.15) is 0 Å². The molecule has 2 atom stereocenters. The number of rotatable bonds is 7. The summed E-state index contributed by atoms with van der Waals surface area (Å²) in [4.78, 5) is 19.8. The number of hydrogen-bond acceptors (Lipinski definition) is 5. The topological polar surface area (TPSA) is 71.4 Å². The summed E-state index contributed by atoms with van der Waals surface area (Å²) in [5.41, 5.74) is 1.57. The van der Waals surface area contributed by atoms with Gasteiger partial charge in [-0.05, 0) is 75.1 Å². The molecule has 2 aromatic rings. The van der Waals surface area contributed by atoms with Crippen LogP contribution in [0.15, 0.2) is 29.4 Å². The number of halogens is 3. The van der Waals surface area contributed by atoms with Crippen molar-refractivity contribution in [2.24, 2.45) is 16.5 Å². The number of carboxylic acids is 1. The number of ether oxygens (including phenoxy) is 1. The summed E-state index contributed by atoms with van der Waals surface area (Å²) in [7, 11) is 1.41. The normalized spacial score (nSPS) is 26.1. The Balaban J connectivity index is 1.15. The van der Waals surface area contributed by atoms with Crippen molar-refractivity contribution < 1.29 is 32.6 Å². The molecule has 6 nitrogen and oxygen atoms in total. The highest BCUT2D eigenvalue weighted by molar-refractivity contribution is 5.88. The van der Waals surface area contributed by atoms with Gasteiger partial charge in [-0.1, -0.05) is 11.6 Å². The summed E-state index contributed by atoms with van der Waals surface area (Å²) in [6.45, 7) is 3.56. The quantitative estimate of drug-likeness (QED) is 0.386. The number of benzene rings is 2. The van der Waals surface area contributed by atoms with Gasteiger partial charge in [-0.15, -0.1) is 0 Å². The van der Waals surface area contributed by atoms with Gasteiger partial charge in [0.25, 0.3) is 0 Å². The molecule has 2 heterocycles. The van der Waals surface area contributed by atoms with Gasteiger partial charge in [0, 0.05) is 54.7 Å². The Bertz CT molecular complexity index is 1370. The molecule has 214 valence electrons. The molecule has 0 amide bonds. The van der Waals surface area contributed by atoms with Crippen LogP contribution in [0.1, 0.15) is 75.3 Å². The van der Waals surface area contributed by atoms with E-state index in [0.29, 0.717) is 38.0 Å². The highest BCUT2D eigenvalue weighted by atomic mass is 19.1. The fraction of sp³-hybridized carbons (Fsp3) is 0.548. The molecule has 6 rings (SSSR count). The predicted molar refractivity (Wildman–Crippen MR) is 144 cm³/mol. The maximum Gasteiger partial charge on any atom is 0.309 e. The minimum Gasteiger partial charge on any atom is -0.493 e. The van der Waals surface area contributed by atoms with E-state index in [9.17, 15) is 18.7 Å². The Morgan fingerprint density at radius 2 is 1.90 bits per heavy atom. The fourth-order valence-corrected chi connectivity index (χ4v) is 6.83. The highest BCUT2D eigenvalue weighted by Gasteiger charge is 2.51. The maximum atomic E-state index is 15.9. The second-order valence-corrected chi connectivity index (χ2v) is 12.4. The molecule has 2 aliphatic heterocycles. The number of hydrogen-bond donors (Lipinski definition) is 1. The van der Waals surface area contributed by atoms with E-state index >= 15 is 4.39 Å². The molecular weight excluding hydrogens is 521 g/mol. The molecule has 2 unspecified atom stereocenters. The molecule has 4 aliphatic rings. The smallest absolute Gasteiger partial charge is 0.309 e. The van der Waals surface area contributed by atoms with E-state index in [1.54, 1.807) is 0 Å². The van der Waals surface area contributed by atoms with Gasteiger partial charge in [0.05, 0.1) is 18.2 Å². The molecule has 0 aromatic heterocycles. The molecule has 40 heavy (non-hydrogen) atoms. The number of oxime groups is 1. The van der Waals surface area contributed by atoms with Crippen LogP contribution in [0.3, 0.4) is 0 Å². The van der Waals surface area contributed by atoms with Crippen LogP contribution in [-0.2, 0) is 16.2 Å². The van der Waals surface area contributed by atoms with Crippen molar-refractivity contribution in [1.82, 2.24) is 4.90 Å². The van der Waals surface area contributed by atoms with Crippen LogP contribution in [0.25, 0.3) is 11.1 Å². The van der Waals surface area contributed by atoms with Crippen LogP contribution >= 0.6 is 0 Å². The molecule has 9 heteroatoms. The largest absolute Gasteiger partial charge is 0.493 e. The van der Waals surface area contributed by atoms with Crippen LogP contribution in [0.5, 0.6) is 5.75 Å². The van der Waals surface area contributed by atoms with E-state index in [-0.39, 0.29) is 28.7 Å². The second-order valence-electron chi connectivity index (χ2n) is 12.4. The lowest BCUT2D eigenvalue weighted by molar-refractivity contribution is -0.148. The lowest BCUT2D eigenvalue weighted by atomic mass is 9.80. The summed E-state index contributed by atoms with van der Waals surface area (Å²) < 4.78 is 49.7. The molecule has 1 spiro atoms. The van der Waals surface area contributed by atoms with Crippen molar-refractivity contribution in [1.29, 1.82) is 0 Å². The zero-order chi connectivity index (χ0) is 28.2. The minimum atomic E-state index is -0.796. The Morgan fingerprint density at radius 1 is 1.12 bits per heavy atom. The molecule has 2 saturated carbocycles. The van der Waals surface area contributed by atoms with Crippen molar-refractivity contribution in [3.8, 4) is 16.9 Å². The lowest BCUT2D eigenvalue weighted by Gasteiger charge is -2.45. The number of methoxy groups -OCH3 is 1. The first-order valence-corrected chi connectivity index (χ1v) is 14.2. The minimum absolute atomic E-state index is 0.0415. The summed E-state index contributed by atoms with van der Waals surface area (Å²) in [6, 6.07) is 5.14. The third kappa shape index (κ3) is 4.86. The van der Waals surface area contributed by atoms with Crippen molar-refractivity contribution in [2.45, 2.75) is 76.4 Å². The predicted octanol–water partition coefficient (Wildman–Crippen LogP) is 6.66. The molecule has 3 fully saturated rings. The van der Waals surface area contributed by atoms with E-state index in [2.05, 4.69) is 10.1 Å². The summed E-state index contributed by atoms with van der Waals surface area (Å²) >= 11 is 0. The molecular formula is C31H35F3N2O4. The monoisotopic (exact) mass is 556 g/mol. The Hall–Kier alpha value is -3.07. The Kier molecular flexibility index (Phi) is 6.84. The second kappa shape index (κ2) is 10.1. The van der Waals surface area contributed by atoms with Crippen LogP contribution in [0.4, 0.5) is 13.2 Å². The first kappa shape index (κ1) is 27.1. The van der Waals surface area contributed by atoms with Gasteiger partial charge in [0.15, 0.2) is 17.2 Å². The molecule has 1 N–H and O–H groups in total. The standard InChI is InChI=1S/C31H35F3N2O4/c1-30(29(37)38)10-3-4-19(9-11-30)25-14-31(40-35-25)16-36(17-31)15-20-12-23(18-5-6-18)26(27(34)28(20)39-2)22-8-7-21(32)13-24(22)33/h7-8,12-13,18-19H,3-6,9-11,14-17H2,1-2H3,(H,37,38). The van der Waals surface area contributed by atoms with Crippen LogP contribution < -0.4 is 4.74 Å². The molecule has 0 radical (unpaired) electrons. The van der Waals surface area contributed by atoms with E-state index in [0.717, 1.165) is 61.9 Å². The average Bonchev–Trinajstić information content (AvgIpc) is 3.68. The van der Waals surface area contributed by atoms with E-state index < -0.39 is 34.4 Å². The van der Waals surface area contributed by atoms with E-state index in [4.69, 9.17) is 9.57 Å². The van der Waals surface area contributed by atoms with Gasteiger partial charge in [0.1, 0.15) is 11.6 Å². The number of likely N-dealkylation sites (tertiary alicyclic amines) is 1. The van der Waals surface area contributed by atoms with Crippen LogP contribution in [0.2, 0.25) is 0 Å². The SMILES string of the molecule is COc1c(CN2CC3(CC(C4CCCC(C)(C(=O)O)CC4)=NO3)C2)cc(C2CC2)c(-c2ccc(F)cc2F)c1F. The van der Waals surface area contributed by atoms with Crippen molar-refractivity contribution in [3.63, 3.8) is 0 Å². The zero-order valence-electron chi connectivity index (χ0n) is 22.9. The molecule has 2 aliphatic carbocycles. The highest BCUT2D eigenvalue weighted by Crippen LogP contribution is 2.49. The van der Waals surface area contributed by atoms with Crippen molar-refractivity contribution >= 4 is 11.7 Å². The summed E-state index contributed by atoms with van der Waals surface area (Å²) in [5.74, 6) is -2.39. The Labute approximate surface area is 232 Å². The summed E-state index contributed by atoms with van der Waals surface area (Å²) in [5, 5.41) is 14.1. The van der Waals surface area contributed by atoms with Gasteiger partial charge < -0.3 is 14.7 Å². The number of nitrogens with zero attached hydrogens (tertiary/aromatic N) is 2. The van der Waals surface area contributed by atoms with Gasteiger partial charge >= 0.3 is 5.97 Å². The third-order valence-corrected chi connectivity index (χ3v) is 9.34. The first-order valence-electron chi connectivity index (χ1n) is 14.2. The number of aliphatic carboxylic acids is 1. The van der Waals surface area contributed by atoms with Crippen LogP contribution in [0, 0.1) is 28.8 Å². The zero-order valence-corrected chi connectivity index (χ0v) is 22.9. The summed E-state index contributed by atoms with van der Waals surface area (Å²) in [6.07, 6.45) is 6.41. The van der Waals surface area contributed by atoms with E-state index in [1.165, 1.54) is 13.2 Å². The fourth-order valence-electron chi connectivity index (χ4n) is 6.83. The lowest BCUT2D eigenvalue weighted by Crippen LogP contribution is -2.61. The number of carbonyl (C=O) groups is 1. The van der Waals surface area contributed by atoms with E-state index in [1.807, 2.05) is 13.0 Å². The van der Waals surface area contributed by atoms with Crippen molar-refractivity contribution in [2.75, 3.05) is 20.2 Å². The van der Waals surface area contributed by atoms with Gasteiger partial charge in [0.2, 0.25) is 0 Å². The molecule has 0 bridgehead atoms. The Morgan fingerprint density at radius 3 is 2.58 bits per heavy atom. The van der Waals surface area contributed by atoms with Crippen molar-refractivity contribution in [3.05, 3.63) is 52.8 Å². The molecule has 1 saturated heterocycles. The van der Waals surface area contributed by atoms with Crippen LogP contribution in [-0.4, -0.2) is 47.5 Å². The third-order valence-electron chi connectivity index (χ3n) is 9.34. The van der Waals surface area contributed by atoms with Gasteiger partial charge in [-0.3, -0.25) is 9.69 Å². The van der Waals surface area contributed by atoms with Gasteiger partial charge in [-0.25, -0.2) is 13.2 Å². The first-order chi connectivity index (χ1) is 19.1. The maximum absolute atomic E-state index is 15.9. The molecule has 2 aromatic carbocycles.